The molecule has 4 rings (SSSR count). The van der Waals surface area contributed by atoms with E-state index in [1.807, 2.05) is 18.2 Å². The van der Waals surface area contributed by atoms with Gasteiger partial charge in [-0.1, -0.05) is 23.7 Å². The summed E-state index contributed by atoms with van der Waals surface area (Å²) >= 11 is 6.16. The van der Waals surface area contributed by atoms with Gasteiger partial charge < -0.3 is 14.8 Å². The molecule has 2 aromatic rings. The number of carbonyl (C=O) groups excluding carboxylic acids is 1. The number of methoxy groups -OCH3 is 2. The summed E-state index contributed by atoms with van der Waals surface area (Å²) < 4.78 is 10.5. The van der Waals surface area contributed by atoms with Crippen molar-refractivity contribution < 1.29 is 14.3 Å². The first-order chi connectivity index (χ1) is 14.0. The number of hydrogen-bond acceptors (Lipinski definition) is 4. The lowest BCUT2D eigenvalue weighted by Gasteiger charge is -2.32. The van der Waals surface area contributed by atoms with Crippen LogP contribution in [0.15, 0.2) is 42.5 Å². The van der Waals surface area contributed by atoms with Crippen molar-refractivity contribution in [3.8, 4) is 11.5 Å². The molecule has 1 atom stereocenters. The number of rotatable bonds is 6. The molecular weight excluding hydrogens is 388 g/mol. The van der Waals surface area contributed by atoms with E-state index in [-0.39, 0.29) is 17.2 Å². The summed E-state index contributed by atoms with van der Waals surface area (Å²) in [5, 5.41) is 3.53. The van der Waals surface area contributed by atoms with E-state index in [0.717, 1.165) is 50.3 Å². The zero-order chi connectivity index (χ0) is 20.4. The molecule has 2 fully saturated rings. The molecule has 1 saturated carbocycles. The predicted molar refractivity (Wildman–Crippen MR) is 115 cm³/mol. The van der Waals surface area contributed by atoms with E-state index >= 15 is 0 Å². The Morgan fingerprint density at radius 3 is 2.66 bits per heavy atom. The normalized spacial score (nSPS) is 20.3. The fraction of sp³-hybridized carbons (Fsp3) is 0.435. The van der Waals surface area contributed by atoms with E-state index < -0.39 is 0 Å². The summed E-state index contributed by atoms with van der Waals surface area (Å²) in [5.41, 5.74) is 2.16. The number of hydrogen-bond donors (Lipinski definition) is 1. The maximum atomic E-state index is 12.7. The standard InChI is InChI=1S/C23H27ClN2O3/c1-28-18-5-3-4-16(12-18)15-26-10-8-23(9-11-26)14-19(23)22(27)25-17-6-7-21(29-2)20(24)13-17/h3-7,12-13,19H,8-11,14-15H2,1-2H3,(H,25,27)/t19-/m1/s1. The molecule has 1 N–H and O–H groups in total. The topological polar surface area (TPSA) is 50.8 Å². The predicted octanol–water partition coefficient (Wildman–Crippen LogP) is 4.60. The fourth-order valence-electron chi connectivity index (χ4n) is 4.43. The highest BCUT2D eigenvalue weighted by Gasteiger charge is 2.58. The number of likely N-dealkylation sites (tertiary alicyclic amines) is 1. The van der Waals surface area contributed by atoms with Crippen molar-refractivity contribution in [2.75, 3.05) is 32.6 Å². The molecule has 29 heavy (non-hydrogen) atoms. The number of nitrogens with zero attached hydrogens (tertiary/aromatic N) is 1. The third-order valence-electron chi connectivity index (χ3n) is 6.32. The number of amides is 1. The van der Waals surface area contributed by atoms with Gasteiger partial charge in [-0.05, 0) is 73.7 Å². The van der Waals surface area contributed by atoms with Crippen LogP contribution in [0.2, 0.25) is 5.02 Å². The Balaban J connectivity index is 1.30. The van der Waals surface area contributed by atoms with Gasteiger partial charge in [0.2, 0.25) is 5.91 Å². The molecule has 1 aliphatic carbocycles. The SMILES string of the molecule is COc1cccc(CN2CCC3(CC2)C[C@@H]3C(=O)Nc2ccc(OC)c(Cl)c2)c1. The smallest absolute Gasteiger partial charge is 0.228 e. The second kappa shape index (κ2) is 8.25. The molecule has 2 aliphatic rings. The highest BCUT2D eigenvalue weighted by Crippen LogP contribution is 2.59. The molecule has 1 saturated heterocycles. The largest absolute Gasteiger partial charge is 0.497 e. The van der Waals surface area contributed by atoms with E-state index in [9.17, 15) is 4.79 Å². The molecular formula is C23H27ClN2O3. The van der Waals surface area contributed by atoms with E-state index in [2.05, 4.69) is 22.3 Å². The van der Waals surface area contributed by atoms with Gasteiger partial charge in [-0.2, -0.15) is 0 Å². The number of halogens is 1. The van der Waals surface area contributed by atoms with Gasteiger partial charge in [-0.15, -0.1) is 0 Å². The number of nitrogens with one attached hydrogen (secondary N) is 1. The minimum atomic E-state index is 0.0994. The van der Waals surface area contributed by atoms with Crippen LogP contribution >= 0.6 is 11.6 Å². The van der Waals surface area contributed by atoms with Gasteiger partial charge in [-0.3, -0.25) is 9.69 Å². The highest BCUT2D eigenvalue weighted by atomic mass is 35.5. The van der Waals surface area contributed by atoms with Gasteiger partial charge in [0.25, 0.3) is 0 Å². The summed E-state index contributed by atoms with van der Waals surface area (Å²) in [5.74, 6) is 1.71. The van der Waals surface area contributed by atoms with Crippen LogP contribution in [0.25, 0.3) is 0 Å². The number of piperidine rings is 1. The Hall–Kier alpha value is -2.24. The van der Waals surface area contributed by atoms with Crippen molar-refractivity contribution in [3.05, 3.63) is 53.1 Å². The third-order valence-corrected chi connectivity index (χ3v) is 6.61. The van der Waals surface area contributed by atoms with Crippen LogP contribution in [-0.4, -0.2) is 38.1 Å². The lowest BCUT2D eigenvalue weighted by molar-refractivity contribution is -0.118. The minimum absolute atomic E-state index is 0.0994. The van der Waals surface area contributed by atoms with Gasteiger partial charge in [0, 0.05) is 18.2 Å². The van der Waals surface area contributed by atoms with Crippen LogP contribution in [0.5, 0.6) is 11.5 Å². The van der Waals surface area contributed by atoms with Gasteiger partial charge in [0.05, 0.1) is 19.2 Å². The van der Waals surface area contributed by atoms with E-state index in [1.165, 1.54) is 5.56 Å². The summed E-state index contributed by atoms with van der Waals surface area (Å²) in [6, 6.07) is 13.6. The molecule has 5 nitrogen and oxygen atoms in total. The Morgan fingerprint density at radius 1 is 1.17 bits per heavy atom. The summed E-state index contributed by atoms with van der Waals surface area (Å²) in [6.07, 6.45) is 3.12. The molecule has 154 valence electrons. The van der Waals surface area contributed by atoms with Gasteiger partial charge in [-0.25, -0.2) is 0 Å². The van der Waals surface area contributed by atoms with Crippen molar-refractivity contribution in [3.63, 3.8) is 0 Å². The van der Waals surface area contributed by atoms with Crippen LogP contribution in [0.3, 0.4) is 0 Å². The summed E-state index contributed by atoms with van der Waals surface area (Å²) in [6.45, 7) is 2.97. The van der Waals surface area contributed by atoms with Gasteiger partial charge in [0.15, 0.2) is 0 Å². The van der Waals surface area contributed by atoms with Crippen LogP contribution < -0.4 is 14.8 Å². The van der Waals surface area contributed by atoms with E-state index in [4.69, 9.17) is 21.1 Å². The first-order valence-corrected chi connectivity index (χ1v) is 10.4. The lowest BCUT2D eigenvalue weighted by atomic mass is 9.90. The Kier molecular flexibility index (Phi) is 5.70. The first-order valence-electron chi connectivity index (χ1n) is 10.0. The second-order valence-electron chi connectivity index (χ2n) is 8.09. The summed E-state index contributed by atoms with van der Waals surface area (Å²) in [4.78, 5) is 15.2. The third kappa shape index (κ3) is 4.36. The quantitative estimate of drug-likeness (QED) is 0.750. The fourth-order valence-corrected chi connectivity index (χ4v) is 4.69. The number of anilines is 1. The maximum absolute atomic E-state index is 12.7. The van der Waals surface area contributed by atoms with Gasteiger partial charge >= 0.3 is 0 Å². The minimum Gasteiger partial charge on any atom is -0.497 e. The van der Waals surface area contributed by atoms with Crippen molar-refractivity contribution >= 4 is 23.2 Å². The van der Waals surface area contributed by atoms with Crippen molar-refractivity contribution in [1.82, 2.24) is 4.90 Å². The monoisotopic (exact) mass is 414 g/mol. The molecule has 1 aliphatic heterocycles. The second-order valence-corrected chi connectivity index (χ2v) is 8.49. The van der Waals surface area contributed by atoms with Crippen LogP contribution in [0, 0.1) is 11.3 Å². The molecule has 0 bridgehead atoms. The maximum Gasteiger partial charge on any atom is 0.228 e. The van der Waals surface area contributed by atoms with Crippen LogP contribution in [0.4, 0.5) is 5.69 Å². The van der Waals surface area contributed by atoms with E-state index in [1.54, 1.807) is 26.4 Å². The van der Waals surface area contributed by atoms with Gasteiger partial charge in [0.1, 0.15) is 11.5 Å². The lowest BCUT2D eigenvalue weighted by Crippen LogP contribution is -2.35. The highest BCUT2D eigenvalue weighted by molar-refractivity contribution is 6.32. The van der Waals surface area contributed by atoms with E-state index in [0.29, 0.717) is 10.8 Å². The van der Waals surface area contributed by atoms with Crippen LogP contribution in [-0.2, 0) is 11.3 Å². The van der Waals surface area contributed by atoms with Crippen molar-refractivity contribution in [1.29, 1.82) is 0 Å². The zero-order valence-electron chi connectivity index (χ0n) is 16.9. The molecule has 0 radical (unpaired) electrons. The molecule has 1 heterocycles. The Morgan fingerprint density at radius 2 is 1.97 bits per heavy atom. The van der Waals surface area contributed by atoms with Crippen LogP contribution in [0.1, 0.15) is 24.8 Å². The number of ether oxygens (including phenoxy) is 2. The molecule has 1 spiro atoms. The molecule has 0 unspecified atom stereocenters. The molecule has 6 heteroatoms. The number of carbonyl (C=O) groups is 1. The first kappa shape index (κ1) is 20.0. The average Bonchev–Trinajstić information content (AvgIpc) is 3.44. The van der Waals surface area contributed by atoms with Crippen molar-refractivity contribution in [2.45, 2.75) is 25.8 Å². The Labute approximate surface area is 176 Å². The Bertz CT molecular complexity index is 893. The zero-order valence-corrected chi connectivity index (χ0v) is 17.7. The molecule has 1 amide bonds. The average molecular weight is 415 g/mol. The number of benzene rings is 2. The summed E-state index contributed by atoms with van der Waals surface area (Å²) in [7, 11) is 3.27. The molecule has 2 aromatic carbocycles. The molecule has 0 aromatic heterocycles. The van der Waals surface area contributed by atoms with Crippen molar-refractivity contribution in [2.24, 2.45) is 11.3 Å².